The number of hydrogen-bond acceptors (Lipinski definition) is 10. The highest BCUT2D eigenvalue weighted by atomic mass is 32.2. The maximum atomic E-state index is 10.9. The van der Waals surface area contributed by atoms with Gasteiger partial charge in [-0.05, 0) is 24.8 Å². The number of nitrogens with zero attached hydrogens (tertiary/aromatic N) is 8. The lowest BCUT2D eigenvalue weighted by atomic mass is 10.1. The van der Waals surface area contributed by atoms with Gasteiger partial charge < -0.3 is 15.5 Å². The summed E-state index contributed by atoms with van der Waals surface area (Å²) >= 11 is 1.59. The van der Waals surface area contributed by atoms with E-state index in [1.807, 2.05) is 6.07 Å². The zero-order chi connectivity index (χ0) is 24.6. The van der Waals surface area contributed by atoms with Crippen LogP contribution in [-0.4, -0.2) is 74.2 Å². The van der Waals surface area contributed by atoms with Gasteiger partial charge in [-0.2, -0.15) is 0 Å². The van der Waals surface area contributed by atoms with Crippen LogP contribution >= 0.6 is 11.8 Å². The van der Waals surface area contributed by atoms with Gasteiger partial charge in [0.05, 0.1) is 18.3 Å². The van der Waals surface area contributed by atoms with E-state index in [2.05, 4.69) is 57.1 Å². The summed E-state index contributed by atoms with van der Waals surface area (Å²) in [5.74, 6) is 1.80. The normalized spacial score (nSPS) is 27.5. The molecule has 2 unspecified atom stereocenters. The number of fused-ring (bicyclic) bond motifs is 1. The van der Waals surface area contributed by atoms with Gasteiger partial charge in [0.15, 0.2) is 22.1 Å². The zero-order valence-electron chi connectivity index (χ0n) is 19.9. The fourth-order valence-corrected chi connectivity index (χ4v) is 5.78. The lowest BCUT2D eigenvalue weighted by molar-refractivity contribution is 0.00151. The molecule has 12 heteroatoms. The zero-order valence-corrected chi connectivity index (χ0v) is 20.7. The van der Waals surface area contributed by atoms with Crippen LogP contribution in [-0.2, 0) is 6.54 Å². The molecule has 6 atom stereocenters. The van der Waals surface area contributed by atoms with Crippen LogP contribution in [0.5, 0.6) is 0 Å². The summed E-state index contributed by atoms with van der Waals surface area (Å²) in [6.45, 7) is 2.58. The van der Waals surface area contributed by atoms with E-state index in [0.717, 1.165) is 18.6 Å². The predicted octanol–water partition coefficient (Wildman–Crippen LogP) is 2.27. The number of thioether (sulfide) groups is 1. The lowest BCUT2D eigenvalue weighted by Crippen LogP contribution is -2.31. The topological polar surface area (TPSA) is 140 Å². The number of aliphatic hydroxyl groups excluding tert-OH is 2. The minimum atomic E-state index is -0.993. The Balaban J connectivity index is 1.29. The first kappa shape index (κ1) is 23.3. The van der Waals surface area contributed by atoms with Gasteiger partial charge in [0.2, 0.25) is 0 Å². The van der Waals surface area contributed by atoms with Crippen LogP contribution in [0.15, 0.2) is 47.9 Å². The molecule has 36 heavy (non-hydrogen) atoms. The summed E-state index contributed by atoms with van der Waals surface area (Å²) in [6, 6.07) is 10.3. The third kappa shape index (κ3) is 4.44. The van der Waals surface area contributed by atoms with Crippen LogP contribution in [0.4, 0.5) is 5.82 Å². The first-order valence-electron chi connectivity index (χ1n) is 12.4. The molecule has 0 aliphatic heterocycles. The Kier molecular flexibility index (Phi) is 6.32. The quantitative estimate of drug-likeness (QED) is 0.228. The van der Waals surface area contributed by atoms with Crippen molar-refractivity contribution in [2.24, 2.45) is 5.92 Å². The van der Waals surface area contributed by atoms with Gasteiger partial charge in [0, 0.05) is 36.4 Å². The second kappa shape index (κ2) is 9.75. The van der Waals surface area contributed by atoms with Gasteiger partial charge in [0.1, 0.15) is 6.10 Å². The molecule has 11 nitrogen and oxygen atoms in total. The van der Waals surface area contributed by atoms with Crippen molar-refractivity contribution in [1.29, 1.82) is 0 Å². The molecule has 188 valence electrons. The Morgan fingerprint density at radius 1 is 1.08 bits per heavy atom. The number of hydrogen-bond donors (Lipinski definition) is 3. The Labute approximate surface area is 212 Å². The number of nitrogens with one attached hydrogen (secondary N) is 1. The van der Waals surface area contributed by atoms with E-state index in [1.54, 1.807) is 33.5 Å². The minimum Gasteiger partial charge on any atom is -0.390 e. The maximum Gasteiger partial charge on any atom is 0.191 e. The van der Waals surface area contributed by atoms with Crippen LogP contribution in [0.1, 0.15) is 43.7 Å². The van der Waals surface area contributed by atoms with Gasteiger partial charge >= 0.3 is 0 Å². The summed E-state index contributed by atoms with van der Waals surface area (Å²) in [5.41, 5.74) is 2.46. The van der Waals surface area contributed by atoms with Crippen molar-refractivity contribution in [2.75, 3.05) is 11.1 Å². The van der Waals surface area contributed by atoms with Crippen LogP contribution in [0.3, 0.4) is 0 Å². The summed E-state index contributed by atoms with van der Waals surface area (Å²) in [4.78, 5) is 9.55. The number of aromatic nitrogens is 8. The first-order chi connectivity index (χ1) is 17.6. The average molecular weight is 508 g/mol. The van der Waals surface area contributed by atoms with E-state index in [4.69, 9.17) is 9.97 Å². The highest BCUT2D eigenvalue weighted by molar-refractivity contribution is 7.99. The van der Waals surface area contributed by atoms with Gasteiger partial charge in [-0.25, -0.2) is 14.6 Å². The number of aliphatic hydroxyl groups is 2. The molecule has 2 aliphatic rings. The molecule has 2 fully saturated rings. The molecule has 0 spiro atoms. The monoisotopic (exact) mass is 507 g/mol. The SMILES string of the molecule is CCCSc1nc(NC2CC2c2ccccc2)c2nnn([C@@H]3C[C@H](Cn4ccnn4)[C@@H](O)[C@H]3O)c2n1. The first-order valence-corrected chi connectivity index (χ1v) is 13.4. The van der Waals surface area contributed by atoms with E-state index in [1.165, 1.54) is 5.56 Å². The Bertz CT molecular complexity index is 1320. The largest absolute Gasteiger partial charge is 0.390 e. The Morgan fingerprint density at radius 3 is 2.72 bits per heavy atom. The molecule has 2 saturated carbocycles. The molecule has 1 aromatic carbocycles. The van der Waals surface area contributed by atoms with Crippen molar-refractivity contribution in [1.82, 2.24) is 40.0 Å². The second-order valence-corrected chi connectivity index (χ2v) is 10.6. The van der Waals surface area contributed by atoms with Crippen molar-refractivity contribution >= 4 is 28.7 Å². The van der Waals surface area contributed by atoms with Gasteiger partial charge in [-0.1, -0.05) is 59.4 Å². The fraction of sp³-hybridized carbons (Fsp3) is 0.500. The van der Waals surface area contributed by atoms with Gasteiger partial charge in [-0.3, -0.25) is 4.68 Å². The van der Waals surface area contributed by atoms with Crippen LogP contribution in [0.2, 0.25) is 0 Å². The van der Waals surface area contributed by atoms with Crippen molar-refractivity contribution in [2.45, 2.75) is 68.1 Å². The van der Waals surface area contributed by atoms with E-state index in [9.17, 15) is 10.2 Å². The summed E-state index contributed by atoms with van der Waals surface area (Å²) in [5, 5.41) is 42.6. The van der Waals surface area contributed by atoms with Crippen molar-refractivity contribution < 1.29 is 10.2 Å². The minimum absolute atomic E-state index is 0.197. The molecule has 2 aliphatic carbocycles. The third-order valence-corrected chi connectivity index (χ3v) is 8.11. The molecule has 0 amide bonds. The van der Waals surface area contributed by atoms with E-state index >= 15 is 0 Å². The van der Waals surface area contributed by atoms with Crippen molar-refractivity contribution in [3.05, 3.63) is 48.3 Å². The standard InChI is InChI=1S/C24H29N9O2S/c1-2-10-36-24-27-22(26-17-12-16(17)14-6-4-3-5-7-14)19-23(28-24)33(31-29-19)18-11-15(20(34)21(18)35)13-32-9-8-25-30-32/h3-9,15-18,20-21,34-35H,2,10-13H2,1H3,(H,26,27,28)/t15-,16?,17?,18-,20-,21+/m1/s1. The van der Waals surface area contributed by atoms with Crippen LogP contribution < -0.4 is 5.32 Å². The average Bonchev–Trinajstić information content (AvgIpc) is 3.19. The summed E-state index contributed by atoms with van der Waals surface area (Å²) in [7, 11) is 0. The van der Waals surface area contributed by atoms with Gasteiger partial charge in [0.25, 0.3) is 0 Å². The predicted molar refractivity (Wildman–Crippen MR) is 135 cm³/mol. The Hall–Kier alpha value is -3.09. The lowest BCUT2D eigenvalue weighted by Gasteiger charge is -2.17. The number of rotatable bonds is 9. The molecule has 6 rings (SSSR count). The molecule has 3 aromatic heterocycles. The third-order valence-electron chi connectivity index (χ3n) is 7.06. The highest BCUT2D eigenvalue weighted by Crippen LogP contribution is 2.43. The molecule has 0 bridgehead atoms. The van der Waals surface area contributed by atoms with Crippen LogP contribution in [0, 0.1) is 5.92 Å². The highest BCUT2D eigenvalue weighted by Gasteiger charge is 2.44. The van der Waals surface area contributed by atoms with Gasteiger partial charge in [-0.15, -0.1) is 10.2 Å². The number of anilines is 1. The van der Waals surface area contributed by atoms with Crippen molar-refractivity contribution in [3.8, 4) is 0 Å². The van der Waals surface area contributed by atoms with Crippen molar-refractivity contribution in [3.63, 3.8) is 0 Å². The maximum absolute atomic E-state index is 10.9. The molecule has 3 N–H and O–H groups in total. The van der Waals surface area contributed by atoms with Crippen LogP contribution in [0.25, 0.3) is 11.2 Å². The summed E-state index contributed by atoms with van der Waals surface area (Å²) in [6.07, 6.45) is 3.99. The smallest absolute Gasteiger partial charge is 0.191 e. The molecular formula is C24H29N9O2S. The summed E-state index contributed by atoms with van der Waals surface area (Å²) < 4.78 is 3.33. The molecule has 0 radical (unpaired) electrons. The molecule has 4 aromatic rings. The molecule has 0 saturated heterocycles. The van der Waals surface area contributed by atoms with E-state index in [0.29, 0.717) is 41.0 Å². The Morgan fingerprint density at radius 2 is 1.94 bits per heavy atom. The number of benzene rings is 1. The molecule has 3 heterocycles. The van der Waals surface area contributed by atoms with E-state index < -0.39 is 18.2 Å². The molecular weight excluding hydrogens is 478 g/mol. The second-order valence-electron chi connectivity index (χ2n) is 9.58. The van der Waals surface area contributed by atoms with E-state index in [-0.39, 0.29) is 12.0 Å². The fourth-order valence-electron chi connectivity index (χ4n) is 5.08.